The van der Waals surface area contributed by atoms with Gasteiger partial charge in [-0.2, -0.15) is 0 Å². The predicted octanol–water partition coefficient (Wildman–Crippen LogP) is 2.46. The minimum absolute atomic E-state index is 0.00379. The van der Waals surface area contributed by atoms with E-state index in [1.54, 1.807) is 0 Å². The molecule has 0 radical (unpaired) electrons. The third-order valence-electron chi connectivity index (χ3n) is 3.69. The molecule has 0 aromatic rings. The molecule has 2 unspecified atom stereocenters. The van der Waals surface area contributed by atoms with Crippen molar-refractivity contribution in [3.63, 3.8) is 0 Å². The van der Waals surface area contributed by atoms with Crippen molar-refractivity contribution in [2.45, 2.75) is 58.4 Å². The van der Waals surface area contributed by atoms with Crippen LogP contribution in [0.2, 0.25) is 0 Å². The lowest BCUT2D eigenvalue weighted by molar-refractivity contribution is -0.137. The number of urea groups is 1. The van der Waals surface area contributed by atoms with Crippen LogP contribution in [0.4, 0.5) is 4.79 Å². The van der Waals surface area contributed by atoms with Crippen LogP contribution < -0.4 is 5.32 Å². The first-order valence-electron chi connectivity index (χ1n) is 7.30. The number of carbonyl (C=O) groups excluding carboxylic acids is 1. The molecule has 0 bridgehead atoms. The summed E-state index contributed by atoms with van der Waals surface area (Å²) in [6.07, 6.45) is 4.81. The molecule has 0 spiro atoms. The Balaban J connectivity index is 2.48. The summed E-state index contributed by atoms with van der Waals surface area (Å²) in [5.74, 6) is -0.188. The van der Waals surface area contributed by atoms with E-state index in [4.69, 9.17) is 5.11 Å². The third kappa shape index (κ3) is 5.94. The summed E-state index contributed by atoms with van der Waals surface area (Å²) in [4.78, 5) is 24.7. The maximum atomic E-state index is 12.1. The molecule has 2 N–H and O–H groups in total. The lowest BCUT2D eigenvalue weighted by atomic mass is 10.0. The van der Waals surface area contributed by atoms with E-state index >= 15 is 0 Å². The van der Waals surface area contributed by atoms with Crippen LogP contribution in [-0.4, -0.2) is 41.1 Å². The van der Waals surface area contributed by atoms with Gasteiger partial charge in [-0.15, -0.1) is 0 Å². The van der Waals surface area contributed by atoms with Crippen molar-refractivity contribution < 1.29 is 14.7 Å². The van der Waals surface area contributed by atoms with E-state index in [9.17, 15) is 9.59 Å². The summed E-state index contributed by atoms with van der Waals surface area (Å²) in [6, 6.07) is -0.357. The lowest BCUT2D eigenvalue weighted by Gasteiger charge is -2.24. The highest BCUT2D eigenvalue weighted by Gasteiger charge is 2.21. The molecule has 2 atom stereocenters. The fourth-order valence-electron chi connectivity index (χ4n) is 2.52. The van der Waals surface area contributed by atoms with Crippen molar-refractivity contribution in [1.82, 2.24) is 10.2 Å². The Kier molecular flexibility index (Phi) is 6.67. The molecule has 1 fully saturated rings. The SMILES string of the molecule is CCCC(CC(=O)O)NC(=O)N1CCCC(C)CC1. The number of carboxylic acids is 1. The number of nitrogens with zero attached hydrogens (tertiary/aromatic N) is 1. The Morgan fingerprint density at radius 3 is 2.74 bits per heavy atom. The Morgan fingerprint density at radius 1 is 1.37 bits per heavy atom. The summed E-state index contributed by atoms with van der Waals surface area (Å²) < 4.78 is 0. The van der Waals surface area contributed by atoms with Crippen LogP contribution in [0.25, 0.3) is 0 Å². The van der Waals surface area contributed by atoms with Gasteiger partial charge in [0.2, 0.25) is 0 Å². The molecule has 1 saturated heterocycles. The van der Waals surface area contributed by atoms with Gasteiger partial charge < -0.3 is 15.3 Å². The zero-order valence-corrected chi connectivity index (χ0v) is 12.0. The van der Waals surface area contributed by atoms with E-state index in [1.807, 2.05) is 11.8 Å². The van der Waals surface area contributed by atoms with Crippen molar-refractivity contribution in [2.24, 2.45) is 5.92 Å². The van der Waals surface area contributed by atoms with Gasteiger partial charge in [-0.3, -0.25) is 4.79 Å². The molecular weight excluding hydrogens is 244 g/mol. The van der Waals surface area contributed by atoms with Gasteiger partial charge in [0.05, 0.1) is 6.42 Å². The third-order valence-corrected chi connectivity index (χ3v) is 3.69. The monoisotopic (exact) mass is 270 g/mol. The zero-order valence-electron chi connectivity index (χ0n) is 12.0. The van der Waals surface area contributed by atoms with Gasteiger partial charge in [-0.1, -0.05) is 20.3 Å². The Labute approximate surface area is 115 Å². The first kappa shape index (κ1) is 15.8. The first-order valence-corrected chi connectivity index (χ1v) is 7.30. The van der Waals surface area contributed by atoms with Gasteiger partial charge in [0.1, 0.15) is 0 Å². The van der Waals surface area contributed by atoms with Gasteiger partial charge in [0.25, 0.3) is 0 Å². The molecule has 1 aliphatic rings. The van der Waals surface area contributed by atoms with Gasteiger partial charge in [0.15, 0.2) is 0 Å². The van der Waals surface area contributed by atoms with Crippen LogP contribution in [0.15, 0.2) is 0 Å². The van der Waals surface area contributed by atoms with Gasteiger partial charge in [0, 0.05) is 19.1 Å². The minimum atomic E-state index is -0.858. The molecule has 5 heteroatoms. The van der Waals surface area contributed by atoms with Gasteiger partial charge >= 0.3 is 12.0 Å². The van der Waals surface area contributed by atoms with Gasteiger partial charge in [-0.25, -0.2) is 4.79 Å². The summed E-state index contributed by atoms with van der Waals surface area (Å²) in [5, 5.41) is 11.7. The standard InChI is InChI=1S/C14H26N2O3/c1-3-5-12(10-13(17)18)15-14(19)16-8-4-6-11(2)7-9-16/h11-12H,3-10H2,1-2H3,(H,15,19)(H,17,18). The molecule has 1 rings (SSSR count). The highest BCUT2D eigenvalue weighted by atomic mass is 16.4. The zero-order chi connectivity index (χ0) is 14.3. The normalized spacial score (nSPS) is 21.6. The molecule has 0 saturated carbocycles. The molecule has 1 heterocycles. The van der Waals surface area contributed by atoms with Crippen LogP contribution in [0.5, 0.6) is 0 Å². The number of hydrogen-bond acceptors (Lipinski definition) is 2. The van der Waals surface area contributed by atoms with Crippen LogP contribution >= 0.6 is 0 Å². The number of carbonyl (C=O) groups is 2. The number of aliphatic carboxylic acids is 1. The number of amides is 2. The summed E-state index contributed by atoms with van der Waals surface area (Å²) in [6.45, 7) is 5.77. The van der Waals surface area contributed by atoms with Crippen molar-refractivity contribution >= 4 is 12.0 Å². The molecule has 0 aromatic heterocycles. The highest BCUT2D eigenvalue weighted by Crippen LogP contribution is 2.16. The second-order valence-electron chi connectivity index (χ2n) is 5.56. The molecule has 110 valence electrons. The number of carboxylic acid groups (broad SMARTS) is 1. The second-order valence-corrected chi connectivity index (χ2v) is 5.56. The van der Waals surface area contributed by atoms with E-state index in [-0.39, 0.29) is 18.5 Å². The van der Waals surface area contributed by atoms with Gasteiger partial charge in [-0.05, 0) is 31.6 Å². The Morgan fingerprint density at radius 2 is 2.11 bits per heavy atom. The number of rotatable bonds is 5. The Hall–Kier alpha value is -1.26. The van der Waals surface area contributed by atoms with E-state index < -0.39 is 5.97 Å². The fourth-order valence-corrected chi connectivity index (χ4v) is 2.52. The minimum Gasteiger partial charge on any atom is -0.481 e. The molecule has 1 aliphatic heterocycles. The van der Waals surface area contributed by atoms with Crippen LogP contribution in [0, 0.1) is 5.92 Å². The maximum absolute atomic E-state index is 12.1. The van der Waals surface area contributed by atoms with Crippen LogP contribution in [-0.2, 0) is 4.79 Å². The average molecular weight is 270 g/mol. The van der Waals surface area contributed by atoms with E-state index in [2.05, 4.69) is 12.2 Å². The Bertz CT molecular complexity index is 307. The second kappa shape index (κ2) is 8.02. The summed E-state index contributed by atoms with van der Waals surface area (Å²) in [5.41, 5.74) is 0. The lowest BCUT2D eigenvalue weighted by Crippen LogP contribution is -2.46. The molecule has 0 aromatic carbocycles. The quantitative estimate of drug-likeness (QED) is 0.806. The van der Waals surface area contributed by atoms with E-state index in [1.165, 1.54) is 0 Å². The first-order chi connectivity index (χ1) is 9.02. The highest BCUT2D eigenvalue weighted by molar-refractivity contribution is 5.76. The van der Waals surface area contributed by atoms with E-state index in [0.717, 1.165) is 38.8 Å². The number of hydrogen-bond donors (Lipinski definition) is 2. The van der Waals surface area contributed by atoms with Crippen LogP contribution in [0.1, 0.15) is 52.4 Å². The largest absolute Gasteiger partial charge is 0.481 e. The van der Waals surface area contributed by atoms with Crippen molar-refractivity contribution in [2.75, 3.05) is 13.1 Å². The summed E-state index contributed by atoms with van der Waals surface area (Å²) in [7, 11) is 0. The molecule has 0 aliphatic carbocycles. The average Bonchev–Trinajstić information content (AvgIpc) is 2.53. The predicted molar refractivity (Wildman–Crippen MR) is 74.1 cm³/mol. The van der Waals surface area contributed by atoms with Crippen molar-refractivity contribution in [3.8, 4) is 0 Å². The fraction of sp³-hybridized carbons (Fsp3) is 0.857. The molecular formula is C14H26N2O3. The van der Waals surface area contributed by atoms with Crippen molar-refractivity contribution in [3.05, 3.63) is 0 Å². The maximum Gasteiger partial charge on any atom is 0.317 e. The molecule has 5 nitrogen and oxygen atoms in total. The number of likely N-dealkylation sites (tertiary alicyclic amines) is 1. The van der Waals surface area contributed by atoms with Crippen molar-refractivity contribution in [1.29, 1.82) is 0 Å². The van der Waals surface area contributed by atoms with Crippen LogP contribution in [0.3, 0.4) is 0 Å². The van der Waals surface area contributed by atoms with E-state index in [0.29, 0.717) is 12.3 Å². The number of nitrogens with one attached hydrogen (secondary N) is 1. The smallest absolute Gasteiger partial charge is 0.317 e. The summed E-state index contributed by atoms with van der Waals surface area (Å²) >= 11 is 0. The topological polar surface area (TPSA) is 69.6 Å². The molecule has 19 heavy (non-hydrogen) atoms. The molecule has 2 amide bonds.